The lowest BCUT2D eigenvalue weighted by Gasteiger charge is -2.40. The first-order valence-electron chi connectivity index (χ1n) is 19.0. The molecule has 0 aliphatic carbocycles. The Morgan fingerprint density at radius 3 is 2.26 bits per heavy atom. The standard InChI is InChI=1S/C42H70O6Si2/c1-31-25-26-44-35(28-31)23-24-39(48-50(12,13)42(7,8)9)38-21-15-20-37(47-49(10,11)41(4,5)6)30-33(3)27-32(2)29-36-19-14-17-34(45-36)18-16-22-40(43)46-38/h14-17,20,22-25,32,34-39H,3,18-19,21,26-30H2,1-2,4-13H3/b20-15+,22-16-,24-23+/t32-,34-,35+,36-,37+,38-,39?/m0/s1. The molecular formula is C42H70O6Si2. The molecule has 0 radical (unpaired) electrons. The highest BCUT2D eigenvalue weighted by atomic mass is 28.4. The highest BCUT2D eigenvalue weighted by molar-refractivity contribution is 6.74. The van der Waals surface area contributed by atoms with Gasteiger partial charge in [-0.1, -0.05) is 115 Å². The smallest absolute Gasteiger partial charge is 0.330 e. The van der Waals surface area contributed by atoms with Crippen LogP contribution in [0, 0.1) is 5.92 Å². The first kappa shape index (κ1) is 42.6. The van der Waals surface area contributed by atoms with Crippen molar-refractivity contribution < 1.29 is 27.9 Å². The minimum absolute atomic E-state index is 0.0278. The van der Waals surface area contributed by atoms with Crippen LogP contribution in [0.2, 0.25) is 36.3 Å². The molecule has 0 N–H and O–H groups in total. The SMILES string of the molecule is C=C1C[C@H](C)C[C@@H]2CC=C[C@@H](C/C=C\C(=O)O[C@H](C(/C=C/[C@@H]3CC(C)=CCO3)O[Si](C)(C)C(C)(C)C)C/C=C/[C@@H](O[Si](C)(C)C(C)(C)C)C1)O2. The molecule has 0 aromatic rings. The Balaban J connectivity index is 2.02. The van der Waals surface area contributed by atoms with Crippen molar-refractivity contribution in [2.24, 2.45) is 5.92 Å². The second-order valence-corrected chi connectivity index (χ2v) is 27.5. The summed E-state index contributed by atoms with van der Waals surface area (Å²) >= 11 is 0. The lowest BCUT2D eigenvalue weighted by atomic mass is 9.91. The largest absolute Gasteiger partial charge is 0.456 e. The summed E-state index contributed by atoms with van der Waals surface area (Å²) in [6, 6.07) is 0. The van der Waals surface area contributed by atoms with Crippen LogP contribution in [0.4, 0.5) is 0 Å². The number of hydrogen-bond acceptors (Lipinski definition) is 6. The number of carbonyl (C=O) groups is 1. The highest BCUT2D eigenvalue weighted by Gasteiger charge is 2.41. The van der Waals surface area contributed by atoms with Crippen LogP contribution in [-0.4, -0.2) is 65.8 Å². The Hall–Kier alpha value is -1.82. The lowest BCUT2D eigenvalue weighted by molar-refractivity contribution is -0.146. The average molecular weight is 727 g/mol. The molecule has 282 valence electrons. The summed E-state index contributed by atoms with van der Waals surface area (Å²) in [6.07, 6.45) is 22.9. The minimum Gasteiger partial charge on any atom is -0.456 e. The maximum atomic E-state index is 13.5. The second-order valence-electron chi connectivity index (χ2n) is 18.0. The van der Waals surface area contributed by atoms with E-state index in [-0.39, 0.29) is 40.5 Å². The van der Waals surface area contributed by atoms with Gasteiger partial charge < -0.3 is 23.1 Å². The molecule has 8 heteroatoms. The van der Waals surface area contributed by atoms with Gasteiger partial charge in [0.25, 0.3) is 0 Å². The summed E-state index contributed by atoms with van der Waals surface area (Å²) in [5, 5.41) is 0.0376. The fourth-order valence-electron chi connectivity index (χ4n) is 6.10. The summed E-state index contributed by atoms with van der Waals surface area (Å²) in [5.41, 5.74) is 2.51. The van der Waals surface area contributed by atoms with Gasteiger partial charge in [0.1, 0.15) is 12.2 Å². The van der Waals surface area contributed by atoms with Gasteiger partial charge in [-0.3, -0.25) is 0 Å². The van der Waals surface area contributed by atoms with Crippen LogP contribution in [-0.2, 0) is 27.9 Å². The average Bonchev–Trinajstić information content (AvgIpc) is 2.97. The summed E-state index contributed by atoms with van der Waals surface area (Å²) < 4.78 is 32.9. The van der Waals surface area contributed by atoms with E-state index in [1.54, 1.807) is 6.08 Å². The van der Waals surface area contributed by atoms with Crippen molar-refractivity contribution in [1.82, 2.24) is 0 Å². The normalized spacial score (nSPS) is 30.6. The first-order valence-corrected chi connectivity index (χ1v) is 24.8. The predicted molar refractivity (Wildman–Crippen MR) is 213 cm³/mol. The quantitative estimate of drug-likeness (QED) is 0.148. The third kappa shape index (κ3) is 13.6. The highest BCUT2D eigenvalue weighted by Crippen LogP contribution is 2.40. The van der Waals surface area contributed by atoms with Gasteiger partial charge in [-0.05, 0) is 87.6 Å². The van der Waals surface area contributed by atoms with E-state index in [0.717, 1.165) is 32.1 Å². The van der Waals surface area contributed by atoms with Gasteiger partial charge in [-0.2, -0.15) is 0 Å². The molecule has 0 aromatic carbocycles. The fraction of sp³-hybridized carbons (Fsp3) is 0.690. The predicted octanol–water partition coefficient (Wildman–Crippen LogP) is 11.0. The minimum atomic E-state index is -2.27. The molecule has 0 aromatic heterocycles. The van der Waals surface area contributed by atoms with E-state index in [1.807, 2.05) is 6.08 Å². The van der Waals surface area contributed by atoms with Gasteiger partial charge in [-0.15, -0.1) is 0 Å². The number of hydrogen-bond donors (Lipinski definition) is 0. The zero-order chi connectivity index (χ0) is 37.3. The Bertz CT molecular complexity index is 1280. The van der Waals surface area contributed by atoms with Gasteiger partial charge in [0, 0.05) is 12.5 Å². The molecule has 2 bridgehead atoms. The van der Waals surface area contributed by atoms with Gasteiger partial charge in [-0.25, -0.2) is 4.79 Å². The van der Waals surface area contributed by atoms with Gasteiger partial charge in [0.2, 0.25) is 0 Å². The molecule has 0 spiro atoms. The molecule has 0 saturated carbocycles. The van der Waals surface area contributed by atoms with Crippen LogP contribution >= 0.6 is 0 Å². The molecule has 6 nitrogen and oxygen atoms in total. The molecule has 3 aliphatic rings. The number of rotatable bonds is 7. The molecule has 1 unspecified atom stereocenters. The van der Waals surface area contributed by atoms with Crippen LogP contribution < -0.4 is 0 Å². The number of fused-ring (bicyclic) bond motifs is 2. The number of carbonyl (C=O) groups excluding carboxylic acids is 1. The van der Waals surface area contributed by atoms with E-state index in [4.69, 9.17) is 23.1 Å². The summed E-state index contributed by atoms with van der Waals surface area (Å²) in [6.45, 7) is 32.2. The number of cyclic esters (lactones) is 1. The van der Waals surface area contributed by atoms with Crippen LogP contribution in [0.25, 0.3) is 0 Å². The van der Waals surface area contributed by atoms with E-state index in [1.165, 1.54) is 11.1 Å². The van der Waals surface area contributed by atoms with Gasteiger partial charge in [0.05, 0.1) is 31.0 Å². The van der Waals surface area contributed by atoms with E-state index in [0.29, 0.717) is 25.4 Å². The van der Waals surface area contributed by atoms with E-state index in [2.05, 4.69) is 131 Å². The first-order chi connectivity index (χ1) is 23.1. The third-order valence-electron chi connectivity index (χ3n) is 11.2. The Labute approximate surface area is 307 Å². The summed E-state index contributed by atoms with van der Waals surface area (Å²) in [7, 11) is -4.36. The van der Waals surface area contributed by atoms with Crippen LogP contribution in [0.5, 0.6) is 0 Å². The number of ether oxygens (including phenoxy) is 3. The van der Waals surface area contributed by atoms with Crippen molar-refractivity contribution in [2.75, 3.05) is 6.61 Å². The van der Waals surface area contributed by atoms with E-state index >= 15 is 0 Å². The molecular weight excluding hydrogens is 657 g/mol. The van der Waals surface area contributed by atoms with Crippen molar-refractivity contribution >= 4 is 22.6 Å². The maximum absolute atomic E-state index is 13.5. The van der Waals surface area contributed by atoms with Crippen LogP contribution in [0.15, 0.2) is 72.4 Å². The lowest BCUT2D eigenvalue weighted by Crippen LogP contribution is -2.47. The van der Waals surface area contributed by atoms with E-state index in [9.17, 15) is 4.79 Å². The Kier molecular flexibility index (Phi) is 15.6. The van der Waals surface area contributed by atoms with Crippen molar-refractivity contribution in [3.8, 4) is 0 Å². The van der Waals surface area contributed by atoms with Gasteiger partial charge in [0.15, 0.2) is 16.6 Å². The van der Waals surface area contributed by atoms with Crippen LogP contribution in [0.1, 0.15) is 100 Å². The van der Waals surface area contributed by atoms with Crippen molar-refractivity contribution in [3.05, 3.63) is 72.4 Å². The second kappa shape index (κ2) is 18.3. The fourth-order valence-corrected chi connectivity index (χ4v) is 8.64. The monoisotopic (exact) mass is 726 g/mol. The Morgan fingerprint density at radius 1 is 0.920 bits per heavy atom. The van der Waals surface area contributed by atoms with Gasteiger partial charge >= 0.3 is 5.97 Å². The molecule has 3 heterocycles. The molecule has 0 fully saturated rings. The zero-order valence-electron chi connectivity index (χ0n) is 33.6. The topological polar surface area (TPSA) is 63.2 Å². The molecule has 0 saturated heterocycles. The molecule has 0 amide bonds. The van der Waals surface area contributed by atoms with Crippen LogP contribution in [0.3, 0.4) is 0 Å². The molecule has 3 rings (SSSR count). The molecule has 7 atom stereocenters. The number of esters is 1. The Morgan fingerprint density at radius 2 is 1.60 bits per heavy atom. The van der Waals surface area contributed by atoms with Crippen molar-refractivity contribution in [3.63, 3.8) is 0 Å². The zero-order valence-corrected chi connectivity index (χ0v) is 35.6. The summed E-state index contributed by atoms with van der Waals surface area (Å²) in [4.78, 5) is 13.5. The maximum Gasteiger partial charge on any atom is 0.330 e. The summed E-state index contributed by atoms with van der Waals surface area (Å²) in [5.74, 6) is 0.0697. The molecule has 50 heavy (non-hydrogen) atoms. The van der Waals surface area contributed by atoms with E-state index < -0.39 is 28.8 Å². The third-order valence-corrected chi connectivity index (χ3v) is 20.1. The van der Waals surface area contributed by atoms with Crippen molar-refractivity contribution in [2.45, 2.75) is 173 Å². The van der Waals surface area contributed by atoms with Crippen molar-refractivity contribution in [1.29, 1.82) is 0 Å². The molecule has 3 aliphatic heterocycles.